The minimum Gasteiger partial charge on any atom is -0.399 e. The smallest absolute Gasteiger partial charge is 0.229 e. The average molecular weight is 279 g/mol. The fourth-order valence-corrected chi connectivity index (χ4v) is 2.55. The van der Waals surface area contributed by atoms with Crippen LogP contribution in [0.5, 0.6) is 0 Å². The maximum Gasteiger partial charge on any atom is 0.229 e. The predicted octanol–water partition coefficient (Wildman–Crippen LogP) is 2.63. The molecule has 0 spiro atoms. The summed E-state index contributed by atoms with van der Waals surface area (Å²) in [4.78, 5) is 16.2. The molecule has 0 radical (unpaired) electrons. The van der Waals surface area contributed by atoms with Gasteiger partial charge < -0.3 is 15.8 Å². The average Bonchev–Trinajstić information content (AvgIpc) is 2.69. The summed E-state index contributed by atoms with van der Waals surface area (Å²) in [6.45, 7) is 3.73. The third-order valence-electron chi connectivity index (χ3n) is 2.80. The Morgan fingerprint density at radius 1 is 1.53 bits per heavy atom. The highest BCUT2D eigenvalue weighted by Crippen LogP contribution is 2.27. The molecular formula is C13H17N3O2S. The largest absolute Gasteiger partial charge is 0.399 e. The number of rotatable bonds is 4. The third-order valence-corrected chi connectivity index (χ3v) is 3.73. The molecule has 0 aliphatic rings. The number of fused-ring (bicyclic) bond motifs is 1. The van der Waals surface area contributed by atoms with Crippen molar-refractivity contribution in [3.05, 3.63) is 18.2 Å². The molecule has 0 saturated carbocycles. The van der Waals surface area contributed by atoms with Gasteiger partial charge in [0.15, 0.2) is 5.13 Å². The van der Waals surface area contributed by atoms with Crippen molar-refractivity contribution in [2.45, 2.75) is 25.9 Å². The molecule has 0 saturated heterocycles. The zero-order chi connectivity index (χ0) is 14.0. The van der Waals surface area contributed by atoms with Gasteiger partial charge >= 0.3 is 0 Å². The lowest BCUT2D eigenvalue weighted by Crippen LogP contribution is -2.29. The number of carbonyl (C=O) groups excluding carboxylic acids is 1. The first kappa shape index (κ1) is 13.8. The predicted molar refractivity (Wildman–Crippen MR) is 78.4 cm³/mol. The van der Waals surface area contributed by atoms with Crippen LogP contribution in [-0.4, -0.2) is 23.6 Å². The van der Waals surface area contributed by atoms with Gasteiger partial charge in [-0.15, -0.1) is 0 Å². The van der Waals surface area contributed by atoms with Crippen LogP contribution >= 0.6 is 11.3 Å². The van der Waals surface area contributed by atoms with Crippen LogP contribution in [0.2, 0.25) is 0 Å². The summed E-state index contributed by atoms with van der Waals surface area (Å²) in [5.41, 5.74) is 6.75. The van der Waals surface area contributed by atoms with E-state index in [0.29, 0.717) is 10.8 Å². The highest BCUT2D eigenvalue weighted by atomic mass is 32.1. The molecule has 1 aromatic carbocycles. The molecule has 0 fully saturated rings. The fourth-order valence-electron chi connectivity index (χ4n) is 1.62. The molecule has 1 aromatic heterocycles. The second-order valence-electron chi connectivity index (χ2n) is 4.93. The number of benzene rings is 1. The van der Waals surface area contributed by atoms with E-state index < -0.39 is 5.60 Å². The Labute approximate surface area is 115 Å². The number of methoxy groups -OCH3 is 1. The van der Waals surface area contributed by atoms with Gasteiger partial charge in [0, 0.05) is 12.8 Å². The molecule has 0 aliphatic heterocycles. The zero-order valence-corrected chi connectivity index (χ0v) is 12.0. The van der Waals surface area contributed by atoms with Crippen LogP contribution in [-0.2, 0) is 9.53 Å². The van der Waals surface area contributed by atoms with Crippen LogP contribution in [0.1, 0.15) is 20.3 Å². The van der Waals surface area contributed by atoms with E-state index in [-0.39, 0.29) is 12.3 Å². The monoisotopic (exact) mass is 279 g/mol. The Hall–Kier alpha value is -1.66. The van der Waals surface area contributed by atoms with Gasteiger partial charge in [-0.1, -0.05) is 11.3 Å². The number of nitrogen functional groups attached to an aromatic ring is 1. The van der Waals surface area contributed by atoms with E-state index in [2.05, 4.69) is 10.3 Å². The van der Waals surface area contributed by atoms with Crippen molar-refractivity contribution < 1.29 is 9.53 Å². The Bertz CT molecular complexity index is 607. The minimum atomic E-state index is -0.481. The highest BCUT2D eigenvalue weighted by Gasteiger charge is 2.21. The first-order chi connectivity index (χ1) is 8.89. The van der Waals surface area contributed by atoms with E-state index >= 15 is 0 Å². The Kier molecular flexibility index (Phi) is 3.73. The van der Waals surface area contributed by atoms with Crippen molar-refractivity contribution in [3.63, 3.8) is 0 Å². The molecule has 19 heavy (non-hydrogen) atoms. The molecule has 0 atom stereocenters. The molecule has 0 aliphatic carbocycles. The molecule has 1 heterocycles. The number of aromatic nitrogens is 1. The molecular weight excluding hydrogens is 262 g/mol. The van der Waals surface area contributed by atoms with E-state index in [1.54, 1.807) is 13.2 Å². The molecule has 3 N–H and O–H groups in total. The molecule has 2 aromatic rings. The number of hydrogen-bond donors (Lipinski definition) is 2. The van der Waals surface area contributed by atoms with Gasteiger partial charge in [-0.25, -0.2) is 4.98 Å². The number of thiazole rings is 1. The number of nitrogens with zero attached hydrogens (tertiary/aromatic N) is 1. The van der Waals surface area contributed by atoms with Gasteiger partial charge in [0.1, 0.15) is 0 Å². The van der Waals surface area contributed by atoms with Gasteiger partial charge in [0.05, 0.1) is 22.2 Å². The number of anilines is 2. The van der Waals surface area contributed by atoms with Crippen LogP contribution in [0.15, 0.2) is 18.2 Å². The standard InChI is InChI=1S/C13H17N3O2S/c1-13(2,18-3)7-11(17)16-12-15-9-5-4-8(14)6-10(9)19-12/h4-6H,7,14H2,1-3H3,(H,15,16,17). The Morgan fingerprint density at radius 2 is 2.26 bits per heavy atom. The summed E-state index contributed by atoms with van der Waals surface area (Å²) in [5.74, 6) is -0.112. The summed E-state index contributed by atoms with van der Waals surface area (Å²) in [7, 11) is 1.59. The van der Waals surface area contributed by atoms with Crippen LogP contribution in [0.25, 0.3) is 10.2 Å². The first-order valence-electron chi connectivity index (χ1n) is 5.91. The lowest BCUT2D eigenvalue weighted by molar-refractivity contribution is -0.121. The van der Waals surface area contributed by atoms with Crippen LogP contribution in [0, 0.1) is 0 Å². The van der Waals surface area contributed by atoms with Crippen LogP contribution in [0.3, 0.4) is 0 Å². The minimum absolute atomic E-state index is 0.112. The van der Waals surface area contributed by atoms with Crippen molar-refractivity contribution in [1.82, 2.24) is 4.98 Å². The van der Waals surface area contributed by atoms with E-state index in [9.17, 15) is 4.79 Å². The molecule has 6 heteroatoms. The molecule has 5 nitrogen and oxygen atoms in total. The highest BCUT2D eigenvalue weighted by molar-refractivity contribution is 7.22. The number of nitrogens with one attached hydrogen (secondary N) is 1. The van der Waals surface area contributed by atoms with Crippen molar-refractivity contribution in [3.8, 4) is 0 Å². The number of hydrogen-bond acceptors (Lipinski definition) is 5. The van der Waals surface area contributed by atoms with Gasteiger partial charge in [-0.2, -0.15) is 0 Å². The fraction of sp³-hybridized carbons (Fsp3) is 0.385. The summed E-state index contributed by atoms with van der Waals surface area (Å²) in [6, 6.07) is 5.49. The number of amides is 1. The van der Waals surface area contributed by atoms with E-state index in [0.717, 1.165) is 10.2 Å². The maximum absolute atomic E-state index is 11.9. The quantitative estimate of drug-likeness (QED) is 0.843. The Balaban J connectivity index is 2.11. The number of nitrogens with two attached hydrogens (primary N) is 1. The van der Waals surface area contributed by atoms with Crippen LogP contribution in [0.4, 0.5) is 10.8 Å². The van der Waals surface area contributed by atoms with Crippen molar-refractivity contribution in [2.75, 3.05) is 18.2 Å². The second kappa shape index (κ2) is 5.14. The van der Waals surface area contributed by atoms with Gasteiger partial charge in [-0.05, 0) is 32.0 Å². The summed E-state index contributed by atoms with van der Waals surface area (Å²) < 4.78 is 6.19. The van der Waals surface area contributed by atoms with E-state index in [1.807, 2.05) is 26.0 Å². The summed E-state index contributed by atoms with van der Waals surface area (Å²) in [5, 5.41) is 3.37. The first-order valence-corrected chi connectivity index (χ1v) is 6.72. The van der Waals surface area contributed by atoms with Gasteiger partial charge in [0.25, 0.3) is 0 Å². The van der Waals surface area contributed by atoms with E-state index in [4.69, 9.17) is 10.5 Å². The van der Waals surface area contributed by atoms with Crippen molar-refractivity contribution in [1.29, 1.82) is 0 Å². The second-order valence-corrected chi connectivity index (χ2v) is 5.97. The van der Waals surface area contributed by atoms with Crippen molar-refractivity contribution >= 4 is 38.3 Å². The molecule has 0 bridgehead atoms. The van der Waals surface area contributed by atoms with Gasteiger partial charge in [0.2, 0.25) is 5.91 Å². The Morgan fingerprint density at radius 3 is 2.95 bits per heavy atom. The molecule has 0 unspecified atom stereocenters. The summed E-state index contributed by atoms with van der Waals surface area (Å²) in [6.07, 6.45) is 0.279. The lowest BCUT2D eigenvalue weighted by Gasteiger charge is -2.21. The topological polar surface area (TPSA) is 77.2 Å². The van der Waals surface area contributed by atoms with Gasteiger partial charge in [-0.3, -0.25) is 4.79 Å². The normalized spacial score (nSPS) is 11.7. The van der Waals surface area contributed by atoms with Crippen molar-refractivity contribution in [2.24, 2.45) is 0 Å². The number of carbonyl (C=O) groups is 1. The molecule has 102 valence electrons. The SMILES string of the molecule is COC(C)(C)CC(=O)Nc1nc2ccc(N)cc2s1. The summed E-state index contributed by atoms with van der Waals surface area (Å²) >= 11 is 1.41. The maximum atomic E-state index is 11.9. The zero-order valence-electron chi connectivity index (χ0n) is 11.2. The van der Waals surface area contributed by atoms with Crippen LogP contribution < -0.4 is 11.1 Å². The third kappa shape index (κ3) is 3.42. The lowest BCUT2D eigenvalue weighted by atomic mass is 10.1. The molecule has 2 rings (SSSR count). The number of ether oxygens (including phenoxy) is 1. The molecule has 1 amide bonds. The van der Waals surface area contributed by atoms with E-state index in [1.165, 1.54) is 11.3 Å².